The molecule has 8 heteroatoms. The Morgan fingerprint density at radius 3 is 1.21 bits per heavy atom. The van der Waals surface area contributed by atoms with Gasteiger partial charge in [0.25, 0.3) is 0 Å². The third-order valence-electron chi connectivity index (χ3n) is 1.25. The molecule has 0 bridgehead atoms. The summed E-state index contributed by atoms with van der Waals surface area (Å²) in [6.45, 7) is 0. The Balaban J connectivity index is 0.00000169. The van der Waals surface area contributed by atoms with E-state index < -0.39 is 0 Å². The maximum atomic E-state index is 5.71. The highest BCUT2D eigenvalue weighted by molar-refractivity contribution is 6.55. The fraction of sp³-hybridized carbons (Fsp3) is 0. The van der Waals surface area contributed by atoms with E-state index >= 15 is 0 Å². The third-order valence-corrected chi connectivity index (χ3v) is 3.64. The summed E-state index contributed by atoms with van der Waals surface area (Å²) in [4.78, 5) is 0. The Morgan fingerprint density at radius 2 is 0.929 bits per heavy atom. The summed E-state index contributed by atoms with van der Waals surface area (Å²) in [6, 6.07) is 0. The third kappa shape index (κ3) is 2.45. The van der Waals surface area contributed by atoms with Crippen molar-refractivity contribution in [1.82, 2.24) is 6.15 Å². The SMILES string of the molecule is ClOc1c(Cl)c(Cl)c(Cl)c(Cl)c1Cl.N. The van der Waals surface area contributed by atoms with Gasteiger partial charge in [0.1, 0.15) is 21.9 Å². The molecular weight excluding hydrogens is 315 g/mol. The monoisotopic (exact) mass is 315 g/mol. The van der Waals surface area contributed by atoms with Crippen LogP contribution in [0.5, 0.6) is 5.75 Å². The van der Waals surface area contributed by atoms with Crippen molar-refractivity contribution in [2.75, 3.05) is 0 Å². The standard InChI is InChI=1S/C6Cl6O.H3N/c7-1-2(8)4(10)6(13-12)5(11)3(1)9;/h;1H3. The molecule has 0 heterocycles. The highest BCUT2D eigenvalue weighted by Gasteiger charge is 2.20. The van der Waals surface area contributed by atoms with Crippen LogP contribution in [0.25, 0.3) is 0 Å². The predicted molar refractivity (Wildman–Crippen MR) is 63.0 cm³/mol. The Labute approximate surface area is 111 Å². The van der Waals surface area contributed by atoms with Crippen LogP contribution in [0.15, 0.2) is 0 Å². The molecule has 0 fully saturated rings. The first-order chi connectivity index (χ1) is 6.00. The molecular formula is C6H3Cl6NO. The highest BCUT2D eigenvalue weighted by atomic mass is 35.5. The molecule has 0 spiro atoms. The van der Waals surface area contributed by atoms with Gasteiger partial charge in [0.2, 0.25) is 0 Å². The van der Waals surface area contributed by atoms with Crippen molar-refractivity contribution in [2.24, 2.45) is 0 Å². The molecule has 1 aromatic carbocycles. The topological polar surface area (TPSA) is 44.2 Å². The van der Waals surface area contributed by atoms with Gasteiger partial charge in [-0.05, 0) is 0 Å². The van der Waals surface area contributed by atoms with Crippen LogP contribution >= 0.6 is 69.9 Å². The summed E-state index contributed by atoms with van der Waals surface area (Å²) in [5.74, 6) is -0.00981. The van der Waals surface area contributed by atoms with Crippen LogP contribution in [0, 0.1) is 0 Å². The predicted octanol–water partition coefficient (Wildman–Crippen LogP) is 5.65. The van der Waals surface area contributed by atoms with E-state index in [0.717, 1.165) is 0 Å². The summed E-state index contributed by atoms with van der Waals surface area (Å²) in [5.41, 5.74) is 0. The molecule has 0 atom stereocenters. The lowest BCUT2D eigenvalue weighted by Gasteiger charge is -2.08. The second-order valence-corrected chi connectivity index (χ2v) is 4.02. The summed E-state index contributed by atoms with van der Waals surface area (Å²) >= 11 is 33.6. The highest BCUT2D eigenvalue weighted by Crippen LogP contribution is 2.48. The van der Waals surface area contributed by atoms with Crippen LogP contribution < -0.4 is 10.4 Å². The van der Waals surface area contributed by atoms with Crippen molar-refractivity contribution in [2.45, 2.75) is 0 Å². The average molecular weight is 318 g/mol. The van der Waals surface area contributed by atoms with E-state index in [1.54, 1.807) is 0 Å². The molecule has 0 aromatic heterocycles. The summed E-state index contributed by atoms with van der Waals surface area (Å²) < 4.78 is 4.37. The fourth-order valence-electron chi connectivity index (χ4n) is 0.652. The number of hydrogen-bond acceptors (Lipinski definition) is 2. The van der Waals surface area contributed by atoms with E-state index in [9.17, 15) is 0 Å². The first kappa shape index (κ1) is 14.7. The molecule has 2 nitrogen and oxygen atoms in total. The van der Waals surface area contributed by atoms with E-state index in [1.165, 1.54) is 0 Å². The van der Waals surface area contributed by atoms with Crippen LogP contribution in [-0.2, 0) is 0 Å². The van der Waals surface area contributed by atoms with Crippen molar-refractivity contribution in [1.29, 1.82) is 0 Å². The quantitative estimate of drug-likeness (QED) is 0.537. The van der Waals surface area contributed by atoms with Crippen LogP contribution in [0.4, 0.5) is 0 Å². The molecule has 0 aliphatic heterocycles. The van der Waals surface area contributed by atoms with E-state index in [-0.39, 0.29) is 37.0 Å². The summed E-state index contributed by atoms with van der Waals surface area (Å²) in [6.07, 6.45) is 0. The summed E-state index contributed by atoms with van der Waals surface area (Å²) in [7, 11) is 0. The smallest absolute Gasteiger partial charge is 0.186 e. The molecule has 80 valence electrons. The van der Waals surface area contributed by atoms with Crippen LogP contribution in [-0.4, -0.2) is 0 Å². The van der Waals surface area contributed by atoms with Crippen molar-refractivity contribution in [3.63, 3.8) is 0 Å². The van der Waals surface area contributed by atoms with Gasteiger partial charge in [-0.2, -0.15) is 0 Å². The maximum Gasteiger partial charge on any atom is 0.186 e. The maximum absolute atomic E-state index is 5.71. The molecule has 1 rings (SSSR count). The van der Waals surface area contributed by atoms with Crippen LogP contribution in [0.3, 0.4) is 0 Å². The minimum Gasteiger partial charge on any atom is -0.382 e. The molecule has 0 amide bonds. The second-order valence-electron chi connectivity index (χ2n) is 1.98. The lowest BCUT2D eigenvalue weighted by atomic mass is 10.3. The normalized spacial score (nSPS) is 9.57. The molecule has 1 aromatic rings. The molecule has 0 aliphatic rings. The van der Waals surface area contributed by atoms with Crippen molar-refractivity contribution in [3.05, 3.63) is 25.1 Å². The van der Waals surface area contributed by atoms with Gasteiger partial charge in [0.15, 0.2) is 5.75 Å². The van der Waals surface area contributed by atoms with Gasteiger partial charge >= 0.3 is 0 Å². The van der Waals surface area contributed by atoms with Crippen LogP contribution in [0.2, 0.25) is 25.1 Å². The van der Waals surface area contributed by atoms with Crippen molar-refractivity contribution in [3.8, 4) is 5.75 Å². The van der Waals surface area contributed by atoms with Crippen LogP contribution in [0.1, 0.15) is 0 Å². The molecule has 3 N–H and O–H groups in total. The summed E-state index contributed by atoms with van der Waals surface area (Å²) in [5, 5.41) is 0.213. The largest absolute Gasteiger partial charge is 0.382 e. The first-order valence-corrected chi connectivity index (χ1v) is 5.00. The molecule has 0 radical (unpaired) electrons. The lowest BCUT2D eigenvalue weighted by Crippen LogP contribution is -1.84. The zero-order valence-corrected chi connectivity index (χ0v) is 10.9. The molecule has 0 unspecified atom stereocenters. The lowest BCUT2D eigenvalue weighted by molar-refractivity contribution is 0.620. The Bertz CT molecular complexity index is 326. The Hall–Kier alpha value is 0.720. The van der Waals surface area contributed by atoms with E-state index in [4.69, 9.17) is 69.9 Å². The van der Waals surface area contributed by atoms with Gasteiger partial charge in [-0.25, -0.2) is 0 Å². The first-order valence-electron chi connectivity index (χ1n) is 2.80. The molecule has 0 saturated carbocycles. The van der Waals surface area contributed by atoms with E-state index in [1.807, 2.05) is 0 Å². The van der Waals surface area contributed by atoms with Gasteiger partial charge in [0.05, 0.1) is 15.1 Å². The molecule has 0 aliphatic carbocycles. The van der Waals surface area contributed by atoms with Gasteiger partial charge in [-0.15, -0.1) is 0 Å². The van der Waals surface area contributed by atoms with E-state index in [2.05, 4.69) is 4.29 Å². The number of rotatable bonds is 1. The number of benzene rings is 1. The minimum absolute atomic E-state index is 0. The fourth-order valence-corrected chi connectivity index (χ4v) is 2.08. The van der Waals surface area contributed by atoms with Crippen molar-refractivity contribution >= 4 is 69.9 Å². The van der Waals surface area contributed by atoms with Gasteiger partial charge in [0, 0.05) is 0 Å². The van der Waals surface area contributed by atoms with Crippen molar-refractivity contribution < 1.29 is 4.29 Å². The Morgan fingerprint density at radius 1 is 0.643 bits per heavy atom. The molecule has 0 saturated heterocycles. The van der Waals surface area contributed by atoms with Gasteiger partial charge < -0.3 is 10.4 Å². The van der Waals surface area contributed by atoms with E-state index in [0.29, 0.717) is 0 Å². The zero-order valence-electron chi connectivity index (χ0n) is 6.38. The Kier molecular flexibility index (Phi) is 6.00. The zero-order chi connectivity index (χ0) is 10.2. The molecule has 14 heavy (non-hydrogen) atoms. The average Bonchev–Trinajstić information content (AvgIpc) is 2.13. The van der Waals surface area contributed by atoms with Gasteiger partial charge in [-0.1, -0.05) is 58.0 Å². The van der Waals surface area contributed by atoms with Gasteiger partial charge in [-0.3, -0.25) is 0 Å². The second kappa shape index (κ2) is 5.71. The number of halogens is 6. The number of hydrogen-bond donors (Lipinski definition) is 1. The minimum atomic E-state index is -0.00981.